The molecule has 0 saturated carbocycles. The van der Waals surface area contributed by atoms with Crippen LogP contribution in [0.5, 0.6) is 5.75 Å². The second-order valence-corrected chi connectivity index (χ2v) is 2.91. The van der Waals surface area contributed by atoms with Crippen molar-refractivity contribution in [3.05, 3.63) is 28.8 Å². The minimum atomic E-state index is 0.226. The Morgan fingerprint density at radius 3 is 2.54 bits per heavy atom. The molecular weight excluding hydrogens is 166 g/mol. The van der Waals surface area contributed by atoms with E-state index in [2.05, 4.69) is 9.99 Å². The van der Waals surface area contributed by atoms with E-state index in [9.17, 15) is 5.11 Å². The molecule has 0 bridgehead atoms. The van der Waals surface area contributed by atoms with Crippen LogP contribution in [-0.4, -0.2) is 18.4 Å². The highest BCUT2D eigenvalue weighted by molar-refractivity contribution is 5.83. The fraction of sp³-hybridized carbons (Fsp3) is 0.300. The van der Waals surface area contributed by atoms with Crippen LogP contribution in [-0.2, 0) is 4.84 Å². The van der Waals surface area contributed by atoms with Crippen LogP contribution < -0.4 is 0 Å². The topological polar surface area (TPSA) is 41.8 Å². The number of benzene rings is 1. The van der Waals surface area contributed by atoms with E-state index in [-0.39, 0.29) is 5.75 Å². The largest absolute Gasteiger partial charge is 0.507 e. The van der Waals surface area contributed by atoms with Crippen molar-refractivity contribution in [1.82, 2.24) is 0 Å². The van der Waals surface area contributed by atoms with Gasteiger partial charge in [0.1, 0.15) is 12.9 Å². The molecule has 13 heavy (non-hydrogen) atoms. The summed E-state index contributed by atoms with van der Waals surface area (Å²) in [6.45, 7) is 3.94. The quantitative estimate of drug-likeness (QED) is 0.557. The molecule has 0 aromatic heterocycles. The molecule has 0 amide bonds. The van der Waals surface area contributed by atoms with Gasteiger partial charge < -0.3 is 9.94 Å². The maximum Gasteiger partial charge on any atom is 0.124 e. The Morgan fingerprint density at radius 1 is 1.31 bits per heavy atom. The van der Waals surface area contributed by atoms with Gasteiger partial charge in [0.25, 0.3) is 0 Å². The van der Waals surface area contributed by atoms with Gasteiger partial charge in [0.05, 0.1) is 6.21 Å². The van der Waals surface area contributed by atoms with E-state index in [1.54, 1.807) is 6.07 Å². The van der Waals surface area contributed by atoms with Gasteiger partial charge in [0.15, 0.2) is 0 Å². The average Bonchev–Trinajstić information content (AvgIpc) is 2.09. The summed E-state index contributed by atoms with van der Waals surface area (Å²) >= 11 is 0. The Labute approximate surface area is 77.6 Å². The smallest absolute Gasteiger partial charge is 0.124 e. The number of phenols is 1. The lowest BCUT2D eigenvalue weighted by Crippen LogP contribution is -1.88. The normalized spacial score (nSPS) is 10.7. The Kier molecular flexibility index (Phi) is 2.90. The number of hydrogen-bond acceptors (Lipinski definition) is 3. The molecule has 3 nitrogen and oxygen atoms in total. The lowest BCUT2D eigenvalue weighted by atomic mass is 10.1. The monoisotopic (exact) mass is 179 g/mol. The molecule has 1 aromatic rings. The number of rotatable bonds is 2. The van der Waals surface area contributed by atoms with Gasteiger partial charge in [-0.2, -0.15) is 0 Å². The fourth-order valence-electron chi connectivity index (χ4n) is 1.04. The zero-order valence-electron chi connectivity index (χ0n) is 8.03. The van der Waals surface area contributed by atoms with Crippen molar-refractivity contribution in [2.24, 2.45) is 5.16 Å². The van der Waals surface area contributed by atoms with Crippen LogP contribution in [0.15, 0.2) is 17.3 Å². The summed E-state index contributed by atoms with van der Waals surface area (Å²) in [6, 6.07) is 3.58. The van der Waals surface area contributed by atoms with Gasteiger partial charge in [-0.25, -0.2) is 0 Å². The zero-order chi connectivity index (χ0) is 9.84. The summed E-state index contributed by atoms with van der Waals surface area (Å²) in [5, 5.41) is 13.1. The van der Waals surface area contributed by atoms with Gasteiger partial charge in [0, 0.05) is 5.56 Å². The first kappa shape index (κ1) is 9.58. The maximum atomic E-state index is 9.50. The van der Waals surface area contributed by atoms with Gasteiger partial charge in [-0.05, 0) is 37.1 Å². The summed E-state index contributed by atoms with van der Waals surface area (Å²) in [6.07, 6.45) is 1.49. The highest BCUT2D eigenvalue weighted by Gasteiger charge is 2.01. The van der Waals surface area contributed by atoms with Crippen molar-refractivity contribution in [2.45, 2.75) is 13.8 Å². The van der Waals surface area contributed by atoms with Gasteiger partial charge >= 0.3 is 0 Å². The lowest BCUT2D eigenvalue weighted by Gasteiger charge is -2.03. The number of aryl methyl sites for hydroxylation is 2. The average molecular weight is 179 g/mol. The van der Waals surface area contributed by atoms with Gasteiger partial charge in [-0.15, -0.1) is 0 Å². The van der Waals surface area contributed by atoms with Crippen LogP contribution in [0.2, 0.25) is 0 Å². The predicted molar refractivity (Wildman–Crippen MR) is 52.2 cm³/mol. The highest BCUT2D eigenvalue weighted by atomic mass is 16.6. The molecule has 0 saturated heterocycles. The molecule has 0 aliphatic heterocycles. The molecule has 0 radical (unpaired) electrons. The van der Waals surface area contributed by atoms with Crippen LogP contribution in [0.4, 0.5) is 0 Å². The Hall–Kier alpha value is -1.51. The van der Waals surface area contributed by atoms with Crippen LogP contribution in [0.3, 0.4) is 0 Å². The minimum Gasteiger partial charge on any atom is -0.507 e. The Morgan fingerprint density at radius 2 is 1.92 bits per heavy atom. The first-order valence-electron chi connectivity index (χ1n) is 4.02. The number of nitrogens with zero attached hydrogens (tertiary/aromatic N) is 1. The molecule has 3 heteroatoms. The molecule has 1 rings (SSSR count). The molecule has 1 N–H and O–H groups in total. The van der Waals surface area contributed by atoms with Crippen LogP contribution in [0, 0.1) is 13.8 Å². The Balaban J connectivity index is 3.08. The van der Waals surface area contributed by atoms with E-state index in [0.29, 0.717) is 5.56 Å². The van der Waals surface area contributed by atoms with Crippen molar-refractivity contribution in [2.75, 3.05) is 7.11 Å². The second-order valence-electron chi connectivity index (χ2n) is 2.91. The molecule has 70 valence electrons. The van der Waals surface area contributed by atoms with Gasteiger partial charge in [-0.1, -0.05) is 5.16 Å². The molecule has 0 aliphatic carbocycles. The molecule has 0 unspecified atom stereocenters. The molecule has 0 heterocycles. The van der Waals surface area contributed by atoms with Crippen molar-refractivity contribution in [3.63, 3.8) is 0 Å². The van der Waals surface area contributed by atoms with Crippen molar-refractivity contribution in [1.29, 1.82) is 0 Å². The molecule has 1 aromatic carbocycles. The van der Waals surface area contributed by atoms with E-state index in [1.807, 2.05) is 19.9 Å². The molecule has 0 atom stereocenters. The third-order valence-corrected chi connectivity index (χ3v) is 1.94. The van der Waals surface area contributed by atoms with Gasteiger partial charge in [-0.3, -0.25) is 0 Å². The van der Waals surface area contributed by atoms with Crippen LogP contribution in [0.25, 0.3) is 0 Å². The zero-order valence-corrected chi connectivity index (χ0v) is 8.03. The molecule has 0 aliphatic rings. The molecule has 0 spiro atoms. The second kappa shape index (κ2) is 3.94. The SMILES string of the molecule is CO/N=C/c1cc(C)c(C)cc1O. The predicted octanol–water partition coefficient (Wildman–Crippen LogP) is 1.99. The third kappa shape index (κ3) is 2.21. The standard InChI is InChI=1S/C10H13NO2/c1-7-4-9(6-11-13-3)10(12)5-8(7)2/h4-6,12H,1-3H3/b11-6+. The Bertz CT molecular complexity index is 332. The van der Waals surface area contributed by atoms with Crippen LogP contribution in [0.1, 0.15) is 16.7 Å². The molecule has 0 fully saturated rings. The molecular formula is C10H13NO2. The van der Waals surface area contributed by atoms with Crippen molar-refractivity contribution in [3.8, 4) is 5.75 Å². The summed E-state index contributed by atoms with van der Waals surface area (Å²) in [5.74, 6) is 0.226. The summed E-state index contributed by atoms with van der Waals surface area (Å²) in [7, 11) is 1.47. The summed E-state index contributed by atoms with van der Waals surface area (Å²) in [5.41, 5.74) is 2.85. The van der Waals surface area contributed by atoms with E-state index >= 15 is 0 Å². The fourth-order valence-corrected chi connectivity index (χ4v) is 1.04. The van der Waals surface area contributed by atoms with E-state index in [4.69, 9.17) is 0 Å². The minimum absolute atomic E-state index is 0.226. The van der Waals surface area contributed by atoms with Crippen molar-refractivity contribution < 1.29 is 9.94 Å². The summed E-state index contributed by atoms with van der Waals surface area (Å²) < 4.78 is 0. The van der Waals surface area contributed by atoms with E-state index in [0.717, 1.165) is 11.1 Å². The summed E-state index contributed by atoms with van der Waals surface area (Å²) in [4.78, 5) is 4.53. The number of phenolic OH excluding ortho intramolecular Hbond substituents is 1. The first-order chi connectivity index (χ1) is 6.15. The highest BCUT2D eigenvalue weighted by Crippen LogP contribution is 2.19. The van der Waals surface area contributed by atoms with Crippen molar-refractivity contribution >= 4 is 6.21 Å². The van der Waals surface area contributed by atoms with E-state index in [1.165, 1.54) is 13.3 Å². The van der Waals surface area contributed by atoms with Gasteiger partial charge in [0.2, 0.25) is 0 Å². The maximum absolute atomic E-state index is 9.50. The third-order valence-electron chi connectivity index (χ3n) is 1.94. The van der Waals surface area contributed by atoms with E-state index < -0.39 is 0 Å². The number of oxime groups is 1. The number of aromatic hydroxyl groups is 1. The van der Waals surface area contributed by atoms with Crippen LogP contribution >= 0.6 is 0 Å². The lowest BCUT2D eigenvalue weighted by molar-refractivity contribution is 0.215. The first-order valence-corrected chi connectivity index (χ1v) is 4.02. The number of hydrogen-bond donors (Lipinski definition) is 1.